The predicted molar refractivity (Wildman–Crippen MR) is 119 cm³/mol. The second-order valence-electron chi connectivity index (χ2n) is 7.70. The molecule has 3 N–H and O–H groups in total. The van der Waals surface area contributed by atoms with Crippen LogP contribution in [-0.4, -0.2) is 52.5 Å². The van der Waals surface area contributed by atoms with Gasteiger partial charge in [0.05, 0.1) is 0 Å². The van der Waals surface area contributed by atoms with Crippen molar-refractivity contribution in [2.45, 2.75) is 25.9 Å². The zero-order chi connectivity index (χ0) is 21.3. The molecule has 30 heavy (non-hydrogen) atoms. The number of nitrogens with zero attached hydrogens (tertiary/aromatic N) is 5. The van der Waals surface area contributed by atoms with E-state index in [1.54, 1.807) is 18.2 Å². The highest BCUT2D eigenvalue weighted by Crippen LogP contribution is 2.37. The summed E-state index contributed by atoms with van der Waals surface area (Å²) < 4.78 is 0. The summed E-state index contributed by atoms with van der Waals surface area (Å²) in [5.74, 6) is 1.81. The Bertz CT molecular complexity index is 1050. The normalized spacial score (nSPS) is 15.1. The molecule has 0 radical (unpaired) electrons. The van der Waals surface area contributed by atoms with Gasteiger partial charge in [-0.3, -0.25) is 0 Å². The molecule has 0 saturated heterocycles. The standard InChI is InChI=1S/C21H25BN6O2/c1-14-11-16-8-4-5-10-18(16)28(14)21-24-19(20(25-26-21)27(2)3)23-13-15-7-6-9-17(12-15)22(29)30/h4-10,12,14,29-30H,11,13H2,1-3H3,(H,23,24,26). The van der Waals surface area contributed by atoms with Crippen LogP contribution in [0, 0.1) is 0 Å². The summed E-state index contributed by atoms with van der Waals surface area (Å²) in [6.45, 7) is 2.62. The molecule has 0 bridgehead atoms. The van der Waals surface area contributed by atoms with Crippen LogP contribution in [0.4, 0.5) is 23.3 Å². The van der Waals surface area contributed by atoms with Crippen LogP contribution < -0.4 is 20.6 Å². The lowest BCUT2D eigenvalue weighted by Gasteiger charge is -2.24. The summed E-state index contributed by atoms with van der Waals surface area (Å²) >= 11 is 0. The molecule has 9 heteroatoms. The van der Waals surface area contributed by atoms with Gasteiger partial charge in [0.2, 0.25) is 0 Å². The number of aromatic nitrogens is 3. The average Bonchev–Trinajstić information content (AvgIpc) is 3.07. The number of anilines is 4. The lowest BCUT2D eigenvalue weighted by molar-refractivity contribution is 0.425. The molecule has 1 aliphatic rings. The molecular formula is C21H25BN6O2. The van der Waals surface area contributed by atoms with Gasteiger partial charge in [0.1, 0.15) is 0 Å². The lowest BCUT2D eigenvalue weighted by atomic mass is 9.80. The molecule has 0 saturated carbocycles. The minimum Gasteiger partial charge on any atom is -0.423 e. The quantitative estimate of drug-likeness (QED) is 0.530. The van der Waals surface area contributed by atoms with E-state index in [1.807, 2.05) is 37.2 Å². The van der Waals surface area contributed by atoms with Crippen LogP contribution in [0.1, 0.15) is 18.1 Å². The molecule has 1 aromatic heterocycles. The summed E-state index contributed by atoms with van der Waals surface area (Å²) in [6, 6.07) is 15.7. The van der Waals surface area contributed by atoms with Gasteiger partial charge in [0.15, 0.2) is 11.6 Å². The van der Waals surface area contributed by atoms with Crippen molar-refractivity contribution in [2.75, 3.05) is 29.2 Å². The SMILES string of the molecule is CC1Cc2ccccc2N1c1nnc(N(C)C)c(NCc2cccc(B(O)O)c2)n1. The van der Waals surface area contributed by atoms with Crippen LogP contribution in [0.3, 0.4) is 0 Å². The largest absolute Gasteiger partial charge is 0.488 e. The van der Waals surface area contributed by atoms with Crippen LogP contribution in [-0.2, 0) is 13.0 Å². The monoisotopic (exact) mass is 404 g/mol. The maximum atomic E-state index is 9.41. The van der Waals surface area contributed by atoms with Crippen LogP contribution in [0.15, 0.2) is 48.5 Å². The smallest absolute Gasteiger partial charge is 0.423 e. The van der Waals surface area contributed by atoms with Gasteiger partial charge in [0.25, 0.3) is 5.95 Å². The third kappa shape index (κ3) is 3.94. The van der Waals surface area contributed by atoms with Crippen LogP contribution in [0.25, 0.3) is 0 Å². The maximum Gasteiger partial charge on any atom is 0.488 e. The molecule has 2 aromatic carbocycles. The van der Waals surface area contributed by atoms with Crippen molar-refractivity contribution in [1.29, 1.82) is 0 Å². The summed E-state index contributed by atoms with van der Waals surface area (Å²) in [5.41, 5.74) is 3.75. The molecule has 4 rings (SSSR count). The number of para-hydroxylation sites is 1. The summed E-state index contributed by atoms with van der Waals surface area (Å²) in [6.07, 6.45) is 0.938. The van der Waals surface area contributed by atoms with Gasteiger partial charge in [-0.15, -0.1) is 10.2 Å². The highest BCUT2D eigenvalue weighted by Gasteiger charge is 2.29. The van der Waals surface area contributed by atoms with E-state index in [0.717, 1.165) is 17.7 Å². The highest BCUT2D eigenvalue weighted by molar-refractivity contribution is 6.58. The summed E-state index contributed by atoms with van der Waals surface area (Å²) in [4.78, 5) is 8.78. The van der Waals surface area contributed by atoms with Crippen molar-refractivity contribution in [3.05, 3.63) is 59.7 Å². The Kier molecular flexibility index (Phi) is 5.56. The van der Waals surface area contributed by atoms with E-state index in [2.05, 4.69) is 39.5 Å². The van der Waals surface area contributed by atoms with Crippen LogP contribution in [0.2, 0.25) is 0 Å². The first kappa shape index (κ1) is 20.1. The minimum atomic E-state index is -1.49. The third-order valence-electron chi connectivity index (χ3n) is 5.21. The molecule has 1 atom stereocenters. The third-order valence-corrected chi connectivity index (χ3v) is 5.21. The number of benzene rings is 2. The van der Waals surface area contributed by atoms with E-state index < -0.39 is 7.12 Å². The summed E-state index contributed by atoms with van der Waals surface area (Å²) in [7, 11) is 2.30. The fraction of sp³-hybridized carbons (Fsp3) is 0.286. The van der Waals surface area contributed by atoms with Gasteiger partial charge >= 0.3 is 7.12 Å². The van der Waals surface area contributed by atoms with Gasteiger partial charge in [-0.25, -0.2) is 0 Å². The van der Waals surface area contributed by atoms with E-state index in [1.165, 1.54) is 5.56 Å². The van der Waals surface area contributed by atoms with E-state index in [4.69, 9.17) is 4.98 Å². The summed E-state index contributed by atoms with van der Waals surface area (Å²) in [5, 5.41) is 31.0. The Morgan fingerprint density at radius 2 is 1.93 bits per heavy atom. The average molecular weight is 404 g/mol. The van der Waals surface area contributed by atoms with Crippen molar-refractivity contribution in [3.8, 4) is 0 Å². The zero-order valence-corrected chi connectivity index (χ0v) is 17.3. The van der Waals surface area contributed by atoms with Gasteiger partial charge in [-0.1, -0.05) is 42.5 Å². The predicted octanol–water partition coefficient (Wildman–Crippen LogP) is 1.31. The molecule has 0 spiro atoms. The number of nitrogens with one attached hydrogen (secondary N) is 1. The van der Waals surface area contributed by atoms with Crippen LogP contribution >= 0.6 is 0 Å². The van der Waals surface area contributed by atoms with Crippen molar-refractivity contribution in [2.24, 2.45) is 0 Å². The van der Waals surface area contributed by atoms with Crippen molar-refractivity contribution >= 4 is 35.9 Å². The number of fused-ring (bicyclic) bond motifs is 1. The second-order valence-corrected chi connectivity index (χ2v) is 7.70. The second kappa shape index (κ2) is 8.29. The molecule has 3 aromatic rings. The fourth-order valence-corrected chi connectivity index (χ4v) is 3.75. The molecule has 8 nitrogen and oxygen atoms in total. The Labute approximate surface area is 176 Å². The molecular weight excluding hydrogens is 379 g/mol. The zero-order valence-electron chi connectivity index (χ0n) is 17.3. The fourth-order valence-electron chi connectivity index (χ4n) is 3.75. The first-order valence-corrected chi connectivity index (χ1v) is 9.92. The first-order chi connectivity index (χ1) is 14.4. The van der Waals surface area contributed by atoms with E-state index in [9.17, 15) is 10.0 Å². The van der Waals surface area contributed by atoms with E-state index in [0.29, 0.717) is 29.6 Å². The topological polar surface area (TPSA) is 97.6 Å². The van der Waals surface area contributed by atoms with Gasteiger partial charge < -0.3 is 25.2 Å². The molecule has 0 aliphatic carbocycles. The molecule has 1 aliphatic heterocycles. The number of rotatable bonds is 6. The molecule has 154 valence electrons. The van der Waals surface area contributed by atoms with Crippen molar-refractivity contribution < 1.29 is 10.0 Å². The first-order valence-electron chi connectivity index (χ1n) is 9.92. The van der Waals surface area contributed by atoms with E-state index in [-0.39, 0.29) is 6.04 Å². The Morgan fingerprint density at radius 1 is 1.13 bits per heavy atom. The van der Waals surface area contributed by atoms with Gasteiger partial charge in [-0.2, -0.15) is 4.98 Å². The van der Waals surface area contributed by atoms with E-state index >= 15 is 0 Å². The van der Waals surface area contributed by atoms with Gasteiger partial charge in [0, 0.05) is 32.4 Å². The highest BCUT2D eigenvalue weighted by atomic mass is 16.4. The lowest BCUT2D eigenvalue weighted by Crippen LogP contribution is -2.30. The Morgan fingerprint density at radius 3 is 2.70 bits per heavy atom. The number of hydrogen-bond acceptors (Lipinski definition) is 8. The molecule has 1 unspecified atom stereocenters. The maximum absolute atomic E-state index is 9.41. The van der Waals surface area contributed by atoms with Crippen LogP contribution in [0.5, 0.6) is 0 Å². The van der Waals surface area contributed by atoms with Crippen molar-refractivity contribution in [1.82, 2.24) is 15.2 Å². The Balaban J connectivity index is 1.63. The molecule has 2 heterocycles. The molecule has 0 fully saturated rings. The van der Waals surface area contributed by atoms with Crippen molar-refractivity contribution in [3.63, 3.8) is 0 Å². The minimum absolute atomic E-state index is 0.241. The van der Waals surface area contributed by atoms with Gasteiger partial charge in [-0.05, 0) is 36.0 Å². The number of hydrogen-bond donors (Lipinski definition) is 3. The molecule has 0 amide bonds. The Hall–Kier alpha value is -3.17.